The molecule has 0 spiro atoms. The molecule has 3 aromatic heterocycles. The topological polar surface area (TPSA) is 73.5 Å². The van der Waals surface area contributed by atoms with E-state index >= 15 is 0 Å². The van der Waals surface area contributed by atoms with Crippen LogP contribution in [0.5, 0.6) is 0 Å². The molecule has 1 atom stereocenters. The molecular formula is C20H22FN7S. The molecular weight excluding hydrogens is 389 g/mol. The highest BCUT2D eigenvalue weighted by molar-refractivity contribution is 7.15. The Bertz CT molecular complexity index is 1140. The summed E-state index contributed by atoms with van der Waals surface area (Å²) in [6.45, 7) is 8.18. The number of halogens is 1. The van der Waals surface area contributed by atoms with E-state index in [1.54, 1.807) is 23.7 Å². The number of hydrogen-bond donors (Lipinski definition) is 1. The molecule has 1 aromatic carbocycles. The van der Waals surface area contributed by atoms with Gasteiger partial charge in [0.15, 0.2) is 5.82 Å². The molecule has 0 aliphatic rings. The van der Waals surface area contributed by atoms with E-state index < -0.39 is 0 Å². The maximum absolute atomic E-state index is 14.2. The fourth-order valence-corrected chi connectivity index (χ4v) is 4.01. The van der Waals surface area contributed by atoms with Crippen molar-refractivity contribution >= 4 is 22.3 Å². The van der Waals surface area contributed by atoms with Gasteiger partial charge in [-0.3, -0.25) is 9.36 Å². The molecule has 150 valence electrons. The molecule has 0 amide bonds. The fraction of sp³-hybridized carbons (Fsp3) is 0.300. The van der Waals surface area contributed by atoms with Crippen molar-refractivity contribution < 1.29 is 4.39 Å². The van der Waals surface area contributed by atoms with Crippen molar-refractivity contribution in [3.05, 3.63) is 69.9 Å². The van der Waals surface area contributed by atoms with Gasteiger partial charge in [0.25, 0.3) is 0 Å². The van der Waals surface area contributed by atoms with Gasteiger partial charge in [0.1, 0.15) is 16.9 Å². The lowest BCUT2D eigenvalue weighted by Crippen LogP contribution is -2.10. The third-order valence-corrected chi connectivity index (χ3v) is 5.70. The van der Waals surface area contributed by atoms with Crippen LogP contribution in [0.2, 0.25) is 0 Å². The first kappa shape index (κ1) is 19.3. The van der Waals surface area contributed by atoms with Gasteiger partial charge in [0, 0.05) is 23.5 Å². The van der Waals surface area contributed by atoms with Crippen molar-refractivity contribution in [2.45, 2.75) is 40.3 Å². The van der Waals surface area contributed by atoms with Crippen molar-refractivity contribution in [2.75, 3.05) is 5.32 Å². The zero-order valence-electron chi connectivity index (χ0n) is 16.7. The SMILES string of the molecule is Cc1cc(C)n(C(C)c2nnc(Nc3ccn(Cc4cccc(C)c4F)n3)s2)n1. The van der Waals surface area contributed by atoms with Crippen LogP contribution < -0.4 is 5.32 Å². The van der Waals surface area contributed by atoms with Crippen LogP contribution in [0.4, 0.5) is 15.3 Å². The molecule has 0 bridgehead atoms. The number of aromatic nitrogens is 6. The van der Waals surface area contributed by atoms with Gasteiger partial charge in [-0.2, -0.15) is 10.2 Å². The second-order valence-corrected chi connectivity index (χ2v) is 8.07. The van der Waals surface area contributed by atoms with Crippen molar-refractivity contribution in [2.24, 2.45) is 0 Å². The van der Waals surface area contributed by atoms with Crippen LogP contribution in [0.15, 0.2) is 36.5 Å². The summed E-state index contributed by atoms with van der Waals surface area (Å²) in [5.41, 5.74) is 3.30. The first-order valence-corrected chi connectivity index (χ1v) is 10.1. The number of nitrogens with zero attached hydrogens (tertiary/aromatic N) is 6. The van der Waals surface area contributed by atoms with E-state index in [1.807, 2.05) is 42.9 Å². The minimum atomic E-state index is -0.190. The van der Waals surface area contributed by atoms with Crippen molar-refractivity contribution in [3.63, 3.8) is 0 Å². The standard InChI is InChI=1S/C20H22FN7S/c1-12-6-5-7-16(18(12)21)11-27-9-8-17(26-27)22-20-24-23-19(29-20)15(4)28-14(3)10-13(2)25-28/h5-10,15H,11H2,1-4H3,(H,22,24,26). The Hall–Kier alpha value is -3.07. The molecule has 3 heterocycles. The average molecular weight is 412 g/mol. The van der Waals surface area contributed by atoms with E-state index in [0.29, 0.717) is 28.6 Å². The first-order valence-electron chi connectivity index (χ1n) is 9.31. The van der Waals surface area contributed by atoms with Gasteiger partial charge in [0.05, 0.1) is 12.2 Å². The summed E-state index contributed by atoms with van der Waals surface area (Å²) in [5, 5.41) is 22.2. The second kappa shape index (κ2) is 7.75. The van der Waals surface area contributed by atoms with Crippen LogP contribution in [0.25, 0.3) is 0 Å². The van der Waals surface area contributed by atoms with Gasteiger partial charge >= 0.3 is 0 Å². The lowest BCUT2D eigenvalue weighted by molar-refractivity contribution is 0.540. The molecule has 0 radical (unpaired) electrons. The molecule has 29 heavy (non-hydrogen) atoms. The van der Waals surface area contributed by atoms with E-state index in [0.717, 1.165) is 16.4 Å². The van der Waals surface area contributed by atoms with Gasteiger partial charge in [-0.25, -0.2) is 4.39 Å². The van der Waals surface area contributed by atoms with Crippen LogP contribution in [0, 0.1) is 26.6 Å². The molecule has 0 saturated carbocycles. The third-order valence-electron chi connectivity index (χ3n) is 4.69. The third kappa shape index (κ3) is 4.04. The first-order chi connectivity index (χ1) is 13.9. The van der Waals surface area contributed by atoms with E-state index in [4.69, 9.17) is 0 Å². The molecule has 0 aliphatic heterocycles. The fourth-order valence-electron chi connectivity index (χ4n) is 3.23. The summed E-state index contributed by atoms with van der Waals surface area (Å²) >= 11 is 1.46. The summed E-state index contributed by atoms with van der Waals surface area (Å²) in [4.78, 5) is 0. The summed E-state index contributed by atoms with van der Waals surface area (Å²) in [5.74, 6) is 0.448. The van der Waals surface area contributed by atoms with E-state index in [9.17, 15) is 4.39 Å². The van der Waals surface area contributed by atoms with E-state index in [1.165, 1.54) is 11.3 Å². The van der Waals surface area contributed by atoms with Crippen molar-refractivity contribution in [1.82, 2.24) is 29.8 Å². The summed E-state index contributed by atoms with van der Waals surface area (Å²) in [6.07, 6.45) is 1.81. The Morgan fingerprint density at radius 3 is 2.72 bits per heavy atom. The smallest absolute Gasteiger partial charge is 0.211 e. The summed E-state index contributed by atoms with van der Waals surface area (Å²) in [7, 11) is 0. The van der Waals surface area contributed by atoms with Crippen LogP contribution in [-0.4, -0.2) is 29.8 Å². The van der Waals surface area contributed by atoms with Crippen molar-refractivity contribution in [1.29, 1.82) is 0 Å². The number of anilines is 2. The predicted molar refractivity (Wildman–Crippen MR) is 111 cm³/mol. The number of nitrogens with one attached hydrogen (secondary N) is 1. The molecule has 4 aromatic rings. The lowest BCUT2D eigenvalue weighted by Gasteiger charge is -2.10. The Kier molecular flexibility index (Phi) is 5.14. The lowest BCUT2D eigenvalue weighted by atomic mass is 10.1. The summed E-state index contributed by atoms with van der Waals surface area (Å²) < 4.78 is 17.9. The Balaban J connectivity index is 1.46. The van der Waals surface area contributed by atoms with Gasteiger partial charge in [-0.15, -0.1) is 10.2 Å². The number of benzene rings is 1. The highest BCUT2D eigenvalue weighted by Gasteiger charge is 2.17. The van der Waals surface area contributed by atoms with Gasteiger partial charge < -0.3 is 5.32 Å². The number of aryl methyl sites for hydroxylation is 3. The monoisotopic (exact) mass is 411 g/mol. The Morgan fingerprint density at radius 1 is 1.14 bits per heavy atom. The quantitative estimate of drug-likeness (QED) is 0.509. The molecule has 0 saturated heterocycles. The minimum Gasteiger partial charge on any atom is -0.313 e. The molecule has 0 aliphatic carbocycles. The minimum absolute atomic E-state index is 0.00129. The average Bonchev–Trinajstić information content (AvgIpc) is 3.40. The van der Waals surface area contributed by atoms with Gasteiger partial charge in [0.2, 0.25) is 5.13 Å². The molecule has 1 unspecified atom stereocenters. The second-order valence-electron chi connectivity index (χ2n) is 7.06. The van der Waals surface area contributed by atoms with Crippen LogP contribution >= 0.6 is 11.3 Å². The van der Waals surface area contributed by atoms with Crippen LogP contribution in [-0.2, 0) is 6.54 Å². The zero-order valence-corrected chi connectivity index (χ0v) is 17.5. The zero-order chi connectivity index (χ0) is 20.5. The maximum Gasteiger partial charge on any atom is 0.211 e. The van der Waals surface area contributed by atoms with Gasteiger partial charge in [-0.05, 0) is 39.3 Å². The molecule has 1 N–H and O–H groups in total. The highest BCUT2D eigenvalue weighted by atomic mass is 32.1. The highest BCUT2D eigenvalue weighted by Crippen LogP contribution is 2.27. The largest absolute Gasteiger partial charge is 0.313 e. The molecule has 4 rings (SSSR count). The molecule has 7 nitrogen and oxygen atoms in total. The van der Waals surface area contributed by atoms with E-state index in [-0.39, 0.29) is 11.9 Å². The van der Waals surface area contributed by atoms with Crippen molar-refractivity contribution in [3.8, 4) is 0 Å². The number of hydrogen-bond acceptors (Lipinski definition) is 6. The van der Waals surface area contributed by atoms with Gasteiger partial charge in [-0.1, -0.05) is 29.5 Å². The summed E-state index contributed by atoms with van der Waals surface area (Å²) in [6, 6.07) is 9.25. The molecule has 9 heteroatoms. The Morgan fingerprint density at radius 2 is 1.97 bits per heavy atom. The predicted octanol–water partition coefficient (Wildman–Crippen LogP) is 4.40. The molecule has 0 fully saturated rings. The number of rotatable bonds is 6. The maximum atomic E-state index is 14.2. The Labute approximate surface area is 172 Å². The van der Waals surface area contributed by atoms with Crippen LogP contribution in [0.3, 0.4) is 0 Å². The van der Waals surface area contributed by atoms with Crippen LogP contribution in [0.1, 0.15) is 40.5 Å². The normalized spacial score (nSPS) is 12.3. The van der Waals surface area contributed by atoms with E-state index in [2.05, 4.69) is 32.6 Å².